The van der Waals surface area contributed by atoms with Crippen LogP contribution >= 0.6 is 8.69 Å². The molecule has 1 rings (SSSR count). The molecule has 0 amide bonds. The number of hydrogen-bond donors (Lipinski definition) is 9. The van der Waals surface area contributed by atoms with Crippen molar-refractivity contribution in [3.8, 4) is 0 Å². The third kappa shape index (κ3) is 12.3. The molecule has 0 bridgehead atoms. The standard InChI is InChI=1S/C7H5NO4.C6H14O6.H3N.HO2P/c9-7(10)5-1-3-6(4-2-5)8(11)12;7-1-3(9)5(11)6(12)4(10)2-8;;1-3-2/h1-4H,(H,9,10);3-12H,1-2H2;1H3;(H,1,2). The van der Waals surface area contributed by atoms with Gasteiger partial charge in [0.25, 0.3) is 5.69 Å². The number of rotatable bonds is 7. The van der Waals surface area contributed by atoms with Gasteiger partial charge in [0.1, 0.15) is 24.4 Å². The predicted molar refractivity (Wildman–Crippen MR) is 93.1 cm³/mol. The van der Waals surface area contributed by atoms with Gasteiger partial charge in [-0.25, -0.2) is 9.36 Å². The summed E-state index contributed by atoms with van der Waals surface area (Å²) in [6.45, 7) is -1.45. The zero-order chi connectivity index (χ0) is 21.6. The van der Waals surface area contributed by atoms with Gasteiger partial charge in [0.15, 0.2) is 0 Å². The molecule has 0 aliphatic heterocycles. The monoisotopic (exact) mass is 430 g/mol. The molecule has 28 heavy (non-hydrogen) atoms. The summed E-state index contributed by atoms with van der Waals surface area (Å²) < 4.78 is 8.46. The molecule has 0 aromatic heterocycles. The maximum Gasteiger partial charge on any atom is 0.335 e. The highest BCUT2D eigenvalue weighted by molar-refractivity contribution is 7.16. The van der Waals surface area contributed by atoms with Crippen LogP contribution in [0.5, 0.6) is 0 Å². The Labute approximate surface area is 160 Å². The lowest BCUT2D eigenvalue weighted by molar-refractivity contribution is -0.384. The number of hydrogen-bond acceptors (Lipinski definition) is 11. The van der Waals surface area contributed by atoms with Crippen LogP contribution in [0.15, 0.2) is 24.3 Å². The summed E-state index contributed by atoms with van der Waals surface area (Å²) in [7, 11) is -0.833. The molecule has 0 aliphatic carbocycles. The minimum atomic E-state index is -1.67. The lowest BCUT2D eigenvalue weighted by atomic mass is 10.0. The van der Waals surface area contributed by atoms with E-state index in [1.54, 1.807) is 0 Å². The lowest BCUT2D eigenvalue weighted by Gasteiger charge is -2.24. The molecule has 14 nitrogen and oxygen atoms in total. The second-order valence-corrected chi connectivity index (χ2v) is 4.84. The highest BCUT2D eigenvalue weighted by Crippen LogP contribution is 2.11. The second-order valence-electron chi connectivity index (χ2n) is 4.67. The number of benzene rings is 1. The number of aliphatic hydroxyl groups is 6. The first kappa shape index (κ1) is 30.6. The highest BCUT2D eigenvalue weighted by Gasteiger charge is 2.29. The van der Waals surface area contributed by atoms with Crippen LogP contribution in [0.2, 0.25) is 0 Å². The average Bonchev–Trinajstić information content (AvgIpc) is 2.66. The Balaban J connectivity index is -0.000000379. The van der Waals surface area contributed by atoms with Gasteiger partial charge < -0.3 is 46.8 Å². The zero-order valence-electron chi connectivity index (χ0n) is 14.3. The Morgan fingerprint density at radius 2 is 1.32 bits per heavy atom. The molecule has 0 saturated heterocycles. The van der Waals surface area contributed by atoms with Crippen molar-refractivity contribution >= 4 is 20.3 Å². The average molecular weight is 430 g/mol. The van der Waals surface area contributed by atoms with E-state index in [1.165, 1.54) is 12.1 Å². The van der Waals surface area contributed by atoms with E-state index in [4.69, 9.17) is 45.2 Å². The fourth-order valence-corrected chi connectivity index (χ4v) is 1.40. The summed E-state index contributed by atoms with van der Waals surface area (Å²) in [5.74, 6) is -1.09. The Morgan fingerprint density at radius 3 is 1.54 bits per heavy atom. The highest BCUT2D eigenvalue weighted by atomic mass is 31.1. The first-order valence-corrected chi connectivity index (χ1v) is 7.72. The molecule has 11 N–H and O–H groups in total. The first-order valence-electron chi connectivity index (χ1n) is 6.95. The van der Waals surface area contributed by atoms with E-state index >= 15 is 0 Å². The van der Waals surface area contributed by atoms with E-state index in [2.05, 4.69) is 0 Å². The summed E-state index contributed by atoms with van der Waals surface area (Å²) in [5.41, 5.74) is -0.0689. The molecular weight excluding hydrogens is 407 g/mol. The summed E-state index contributed by atoms with van der Waals surface area (Å²) in [5, 5.41) is 70.8. The zero-order valence-corrected chi connectivity index (χ0v) is 15.2. The van der Waals surface area contributed by atoms with Crippen LogP contribution in [0, 0.1) is 10.1 Å². The van der Waals surface area contributed by atoms with Crippen LogP contribution < -0.4 is 6.15 Å². The van der Waals surface area contributed by atoms with Crippen LogP contribution in [0.3, 0.4) is 0 Å². The molecule has 0 saturated carbocycles. The van der Waals surface area contributed by atoms with Crippen LogP contribution in [0.1, 0.15) is 10.4 Å². The van der Waals surface area contributed by atoms with Crippen molar-refractivity contribution in [2.24, 2.45) is 0 Å². The molecule has 0 heterocycles. The van der Waals surface area contributed by atoms with E-state index in [9.17, 15) is 14.9 Å². The van der Waals surface area contributed by atoms with Gasteiger partial charge in [0.05, 0.1) is 23.7 Å². The Bertz CT molecular complexity index is 526. The predicted octanol–water partition coefficient (Wildman–Crippen LogP) is -1.95. The van der Waals surface area contributed by atoms with E-state index < -0.39 is 57.2 Å². The van der Waals surface area contributed by atoms with Gasteiger partial charge in [-0.2, -0.15) is 0 Å². The number of carboxylic acid groups (broad SMARTS) is 1. The van der Waals surface area contributed by atoms with Crippen molar-refractivity contribution in [2.45, 2.75) is 24.4 Å². The second kappa shape index (κ2) is 17.0. The Kier molecular flexibility index (Phi) is 18.6. The van der Waals surface area contributed by atoms with E-state index in [0.29, 0.717) is 0 Å². The van der Waals surface area contributed by atoms with E-state index in [-0.39, 0.29) is 17.4 Å². The minimum Gasteiger partial charge on any atom is -0.478 e. The van der Waals surface area contributed by atoms with Gasteiger partial charge in [0.2, 0.25) is 0 Å². The van der Waals surface area contributed by atoms with Crippen molar-refractivity contribution in [1.82, 2.24) is 6.15 Å². The van der Waals surface area contributed by atoms with Crippen molar-refractivity contribution < 1.29 is 54.9 Å². The largest absolute Gasteiger partial charge is 0.478 e. The number of non-ortho nitro benzene ring substituents is 1. The molecule has 0 spiro atoms. The summed E-state index contributed by atoms with van der Waals surface area (Å²) in [4.78, 5) is 26.9. The molecule has 4 atom stereocenters. The van der Waals surface area contributed by atoms with Gasteiger partial charge >= 0.3 is 14.7 Å². The molecule has 15 heteroatoms. The van der Waals surface area contributed by atoms with Crippen LogP contribution in [0.25, 0.3) is 0 Å². The number of nitrogens with zero attached hydrogens (tertiary/aromatic N) is 1. The fraction of sp³-hybridized carbons (Fsp3) is 0.462. The molecule has 4 unspecified atom stereocenters. The topological polar surface area (TPSA) is 274 Å². The van der Waals surface area contributed by atoms with E-state index in [1.807, 2.05) is 0 Å². The van der Waals surface area contributed by atoms with Crippen molar-refractivity contribution in [2.75, 3.05) is 13.2 Å². The SMILES string of the molecule is N.O=C(O)c1ccc([N+](=O)[O-])cc1.O=PO.OCC(O)C(O)C(O)C(O)CO. The Hall–Kier alpha value is -2.13. The maximum absolute atomic E-state index is 10.3. The van der Waals surface area contributed by atoms with Gasteiger partial charge in [-0.15, -0.1) is 0 Å². The molecule has 0 radical (unpaired) electrons. The number of carboxylic acids is 1. The Morgan fingerprint density at radius 1 is 1.00 bits per heavy atom. The van der Waals surface area contributed by atoms with Gasteiger partial charge in [0, 0.05) is 12.1 Å². The minimum absolute atomic E-state index is 0. The fourth-order valence-electron chi connectivity index (χ4n) is 1.40. The molecule has 1 aromatic rings. The molecule has 1 aromatic carbocycles. The number of aliphatic hydroxyl groups excluding tert-OH is 6. The smallest absolute Gasteiger partial charge is 0.335 e. The normalized spacial score (nSPS) is 14.0. The molecular formula is C13H23N2O12P. The van der Waals surface area contributed by atoms with Gasteiger partial charge in [-0.1, -0.05) is 0 Å². The van der Waals surface area contributed by atoms with Crippen molar-refractivity contribution in [1.29, 1.82) is 0 Å². The first-order chi connectivity index (χ1) is 12.6. The van der Waals surface area contributed by atoms with Crippen LogP contribution in [-0.2, 0) is 4.57 Å². The number of carbonyl (C=O) groups is 1. The molecule has 0 aliphatic rings. The van der Waals surface area contributed by atoms with E-state index in [0.717, 1.165) is 12.1 Å². The lowest BCUT2D eigenvalue weighted by Crippen LogP contribution is -2.46. The number of nitro benzene ring substituents is 1. The summed E-state index contributed by atoms with van der Waals surface area (Å²) >= 11 is 0. The van der Waals surface area contributed by atoms with Gasteiger partial charge in [-0.3, -0.25) is 10.1 Å². The van der Waals surface area contributed by atoms with Crippen molar-refractivity contribution in [3.63, 3.8) is 0 Å². The quantitative estimate of drug-likeness (QED) is 0.129. The summed E-state index contributed by atoms with van der Waals surface area (Å²) in [6.07, 6.45) is -6.39. The number of nitro groups is 1. The van der Waals surface area contributed by atoms with Crippen LogP contribution in [-0.4, -0.2) is 89.2 Å². The van der Waals surface area contributed by atoms with Gasteiger partial charge in [-0.05, 0) is 12.1 Å². The molecule has 0 fully saturated rings. The maximum atomic E-state index is 10.3. The third-order valence-electron chi connectivity index (χ3n) is 2.84. The van der Waals surface area contributed by atoms with Crippen molar-refractivity contribution in [3.05, 3.63) is 39.9 Å². The third-order valence-corrected chi connectivity index (χ3v) is 2.84. The molecule has 162 valence electrons. The van der Waals surface area contributed by atoms with Crippen LogP contribution in [0.4, 0.5) is 5.69 Å². The summed E-state index contributed by atoms with van der Waals surface area (Å²) in [6, 6.07) is 4.70. The number of aromatic carboxylic acids is 1.